The Morgan fingerprint density at radius 2 is 2.00 bits per heavy atom. The molecule has 1 amide bonds. The van der Waals surface area contributed by atoms with Crippen molar-refractivity contribution in [2.45, 2.75) is 26.7 Å². The molecule has 0 N–H and O–H groups in total. The summed E-state index contributed by atoms with van der Waals surface area (Å²) in [7, 11) is 0. The average molecular weight is 225 g/mol. The summed E-state index contributed by atoms with van der Waals surface area (Å²) in [4.78, 5) is 25.6. The largest absolute Gasteiger partial charge is 0.378 e. The molecular formula is C12H19NO3. The van der Waals surface area contributed by atoms with Crippen LogP contribution in [0.2, 0.25) is 0 Å². The molecule has 4 nitrogen and oxygen atoms in total. The van der Waals surface area contributed by atoms with Crippen LogP contribution in [0.3, 0.4) is 0 Å². The molecule has 2 aliphatic rings. The molecule has 90 valence electrons. The molecule has 0 aromatic rings. The number of rotatable bonds is 1. The third-order valence-corrected chi connectivity index (χ3v) is 3.65. The Labute approximate surface area is 95.9 Å². The van der Waals surface area contributed by atoms with Crippen LogP contribution >= 0.6 is 0 Å². The van der Waals surface area contributed by atoms with E-state index < -0.39 is 0 Å². The molecule has 1 atom stereocenters. The van der Waals surface area contributed by atoms with Crippen LogP contribution in [0.4, 0.5) is 0 Å². The van der Waals surface area contributed by atoms with Gasteiger partial charge in [0.25, 0.3) is 0 Å². The quantitative estimate of drug-likeness (QED) is 0.664. The Morgan fingerprint density at radius 3 is 2.50 bits per heavy atom. The highest BCUT2D eigenvalue weighted by atomic mass is 16.5. The molecule has 1 saturated carbocycles. The van der Waals surface area contributed by atoms with Crippen LogP contribution in [0.15, 0.2) is 0 Å². The Kier molecular flexibility index (Phi) is 3.02. The minimum atomic E-state index is -0.174. The molecule has 0 spiro atoms. The Balaban J connectivity index is 2.06. The second-order valence-corrected chi connectivity index (χ2v) is 5.40. The molecule has 1 aliphatic carbocycles. The minimum absolute atomic E-state index is 0.127. The Hall–Kier alpha value is -0.900. The summed E-state index contributed by atoms with van der Waals surface area (Å²) < 4.78 is 5.22. The van der Waals surface area contributed by atoms with Crippen molar-refractivity contribution in [3.63, 3.8) is 0 Å². The molecule has 0 radical (unpaired) electrons. The number of carbonyl (C=O) groups is 2. The number of ketones is 1. The first kappa shape index (κ1) is 11.6. The summed E-state index contributed by atoms with van der Waals surface area (Å²) in [5.41, 5.74) is -0.174. The highest BCUT2D eigenvalue weighted by Crippen LogP contribution is 2.41. The van der Waals surface area contributed by atoms with E-state index in [2.05, 4.69) is 0 Å². The molecule has 0 bridgehead atoms. The summed E-state index contributed by atoms with van der Waals surface area (Å²) in [6.45, 7) is 6.60. The van der Waals surface area contributed by atoms with Gasteiger partial charge in [-0.2, -0.15) is 0 Å². The fourth-order valence-electron chi connectivity index (χ4n) is 2.63. The maximum Gasteiger partial charge on any atom is 0.226 e. The fourth-order valence-corrected chi connectivity index (χ4v) is 2.63. The molecule has 2 rings (SSSR count). The van der Waals surface area contributed by atoms with Crippen molar-refractivity contribution >= 4 is 11.7 Å². The van der Waals surface area contributed by atoms with Crippen LogP contribution in [-0.2, 0) is 14.3 Å². The SMILES string of the molecule is CC1(C)CC(=O)CC1C(=O)N1CCOCC1. The van der Waals surface area contributed by atoms with Gasteiger partial charge >= 0.3 is 0 Å². The van der Waals surface area contributed by atoms with Crippen LogP contribution in [0.5, 0.6) is 0 Å². The number of hydrogen-bond donors (Lipinski definition) is 0. The van der Waals surface area contributed by atoms with Crippen LogP contribution in [0, 0.1) is 11.3 Å². The third-order valence-electron chi connectivity index (χ3n) is 3.65. The number of hydrogen-bond acceptors (Lipinski definition) is 3. The Bertz CT molecular complexity index is 305. The normalized spacial score (nSPS) is 29.5. The molecule has 1 saturated heterocycles. The Morgan fingerprint density at radius 1 is 1.38 bits per heavy atom. The first-order chi connectivity index (χ1) is 7.50. The summed E-state index contributed by atoms with van der Waals surface area (Å²) in [6.07, 6.45) is 0.955. The van der Waals surface area contributed by atoms with Crippen LogP contribution in [-0.4, -0.2) is 42.9 Å². The zero-order chi connectivity index (χ0) is 11.8. The number of Topliss-reactive ketones (excluding diaryl/α,β-unsaturated/α-hetero) is 1. The molecule has 0 aromatic carbocycles. The van der Waals surface area contributed by atoms with E-state index in [-0.39, 0.29) is 23.0 Å². The smallest absolute Gasteiger partial charge is 0.226 e. The predicted octanol–water partition coefficient (Wildman–Crippen LogP) is 0.851. The lowest BCUT2D eigenvalue weighted by molar-refractivity contribution is -0.142. The minimum Gasteiger partial charge on any atom is -0.378 e. The zero-order valence-corrected chi connectivity index (χ0v) is 9.99. The van der Waals surface area contributed by atoms with Crippen molar-refractivity contribution < 1.29 is 14.3 Å². The first-order valence-corrected chi connectivity index (χ1v) is 5.89. The summed E-state index contributed by atoms with van der Waals surface area (Å²) in [6, 6.07) is 0. The van der Waals surface area contributed by atoms with Crippen LogP contribution in [0.25, 0.3) is 0 Å². The predicted molar refractivity (Wildman–Crippen MR) is 58.9 cm³/mol. The lowest BCUT2D eigenvalue weighted by Gasteiger charge is -2.33. The van der Waals surface area contributed by atoms with Crippen molar-refractivity contribution in [2.75, 3.05) is 26.3 Å². The lowest BCUT2D eigenvalue weighted by Crippen LogP contribution is -2.45. The molecule has 2 fully saturated rings. The van der Waals surface area contributed by atoms with Gasteiger partial charge in [0, 0.05) is 25.9 Å². The number of nitrogens with zero attached hydrogens (tertiary/aromatic N) is 1. The van der Waals surface area contributed by atoms with Crippen molar-refractivity contribution in [2.24, 2.45) is 11.3 Å². The number of amides is 1. The van der Waals surface area contributed by atoms with Crippen LogP contribution < -0.4 is 0 Å². The molecule has 1 aliphatic heterocycles. The standard InChI is InChI=1S/C12H19NO3/c1-12(2)8-9(14)7-10(12)11(15)13-3-5-16-6-4-13/h10H,3-8H2,1-2H3. The van der Waals surface area contributed by atoms with Gasteiger partial charge in [0.15, 0.2) is 0 Å². The van der Waals surface area contributed by atoms with Crippen molar-refractivity contribution in [1.82, 2.24) is 4.90 Å². The molecule has 4 heteroatoms. The van der Waals surface area contributed by atoms with Gasteiger partial charge in [-0.25, -0.2) is 0 Å². The summed E-state index contributed by atoms with van der Waals surface area (Å²) in [5, 5.41) is 0. The maximum absolute atomic E-state index is 12.3. The number of carbonyl (C=O) groups excluding carboxylic acids is 2. The highest BCUT2D eigenvalue weighted by molar-refractivity contribution is 5.91. The van der Waals surface area contributed by atoms with Gasteiger partial charge in [-0.15, -0.1) is 0 Å². The van der Waals surface area contributed by atoms with E-state index in [1.165, 1.54) is 0 Å². The lowest BCUT2D eigenvalue weighted by atomic mass is 9.81. The average Bonchev–Trinajstić information content (AvgIpc) is 2.52. The van der Waals surface area contributed by atoms with Crippen molar-refractivity contribution in [1.29, 1.82) is 0 Å². The maximum atomic E-state index is 12.3. The number of morpholine rings is 1. The van der Waals surface area contributed by atoms with Gasteiger partial charge in [0.2, 0.25) is 5.91 Å². The number of ether oxygens (including phenoxy) is 1. The monoisotopic (exact) mass is 225 g/mol. The highest BCUT2D eigenvalue weighted by Gasteiger charge is 2.45. The molecule has 16 heavy (non-hydrogen) atoms. The van der Waals surface area contributed by atoms with Gasteiger partial charge in [0.05, 0.1) is 19.1 Å². The van der Waals surface area contributed by atoms with E-state index >= 15 is 0 Å². The molecule has 1 heterocycles. The summed E-state index contributed by atoms with van der Waals surface area (Å²) in [5.74, 6) is 0.230. The van der Waals surface area contributed by atoms with Crippen molar-refractivity contribution in [3.8, 4) is 0 Å². The van der Waals surface area contributed by atoms with E-state index in [9.17, 15) is 9.59 Å². The second kappa shape index (κ2) is 4.17. The van der Waals surface area contributed by atoms with E-state index in [0.29, 0.717) is 39.1 Å². The van der Waals surface area contributed by atoms with E-state index in [1.807, 2.05) is 18.7 Å². The van der Waals surface area contributed by atoms with Gasteiger partial charge in [0.1, 0.15) is 5.78 Å². The molecule has 1 unspecified atom stereocenters. The van der Waals surface area contributed by atoms with Gasteiger partial charge < -0.3 is 9.64 Å². The van der Waals surface area contributed by atoms with Crippen molar-refractivity contribution in [3.05, 3.63) is 0 Å². The second-order valence-electron chi connectivity index (χ2n) is 5.40. The van der Waals surface area contributed by atoms with Gasteiger partial charge in [-0.3, -0.25) is 9.59 Å². The molecule has 0 aromatic heterocycles. The third kappa shape index (κ3) is 2.12. The fraction of sp³-hybridized carbons (Fsp3) is 0.833. The van der Waals surface area contributed by atoms with Gasteiger partial charge in [-0.05, 0) is 5.41 Å². The van der Waals surface area contributed by atoms with E-state index in [4.69, 9.17) is 4.74 Å². The van der Waals surface area contributed by atoms with Gasteiger partial charge in [-0.1, -0.05) is 13.8 Å². The topological polar surface area (TPSA) is 46.6 Å². The molecular weight excluding hydrogens is 206 g/mol. The van der Waals surface area contributed by atoms with E-state index in [1.54, 1.807) is 0 Å². The zero-order valence-electron chi connectivity index (χ0n) is 9.99. The summed E-state index contributed by atoms with van der Waals surface area (Å²) >= 11 is 0. The van der Waals surface area contributed by atoms with Crippen LogP contribution in [0.1, 0.15) is 26.7 Å². The van der Waals surface area contributed by atoms with E-state index in [0.717, 1.165) is 0 Å². The first-order valence-electron chi connectivity index (χ1n) is 5.89.